The van der Waals surface area contributed by atoms with E-state index in [1.165, 1.54) is 19.3 Å². The van der Waals surface area contributed by atoms with Gasteiger partial charge in [-0.2, -0.15) is 0 Å². The van der Waals surface area contributed by atoms with Gasteiger partial charge in [-0.25, -0.2) is 0 Å². The van der Waals surface area contributed by atoms with Crippen LogP contribution in [-0.4, -0.2) is 21.9 Å². The third kappa shape index (κ3) is 5.54. The Kier molecular flexibility index (Phi) is 7.06. The molecule has 1 saturated carbocycles. The summed E-state index contributed by atoms with van der Waals surface area (Å²) in [6, 6.07) is 7.69. The molecule has 0 radical (unpaired) electrons. The van der Waals surface area contributed by atoms with Gasteiger partial charge < -0.3 is 11.1 Å². The predicted octanol–water partition coefficient (Wildman–Crippen LogP) is 2.95. The lowest BCUT2D eigenvalue weighted by Gasteiger charge is -2.21. The fourth-order valence-electron chi connectivity index (χ4n) is 2.84. The summed E-state index contributed by atoms with van der Waals surface area (Å²) in [5.74, 6) is 0.563. The highest BCUT2D eigenvalue weighted by Gasteiger charge is 2.19. The average molecular weight is 322 g/mol. The number of rotatable bonds is 7. The maximum absolute atomic E-state index is 12.5. The molecule has 0 spiro atoms. The first-order valence-electron chi connectivity index (χ1n) is 8.15. The van der Waals surface area contributed by atoms with Crippen LogP contribution in [0.4, 0.5) is 5.69 Å². The van der Waals surface area contributed by atoms with Crippen molar-refractivity contribution in [2.45, 2.75) is 55.9 Å². The molecule has 0 bridgehead atoms. The molecule has 1 aromatic carbocycles. The summed E-state index contributed by atoms with van der Waals surface area (Å²) in [5.41, 5.74) is 7.21. The first-order valence-corrected chi connectivity index (χ1v) is 9.53. The zero-order chi connectivity index (χ0) is 15.8. The SMILES string of the molecule is NCCCC(=O)Nc1cccc(CS(=O)C2CCCCC2)c1. The van der Waals surface area contributed by atoms with Crippen molar-refractivity contribution >= 4 is 22.4 Å². The normalized spacial score (nSPS) is 17.1. The Morgan fingerprint density at radius 1 is 1.27 bits per heavy atom. The van der Waals surface area contributed by atoms with E-state index in [0.717, 1.165) is 24.1 Å². The molecule has 4 nitrogen and oxygen atoms in total. The first-order chi connectivity index (χ1) is 10.7. The Balaban J connectivity index is 1.90. The highest BCUT2D eigenvalue weighted by atomic mass is 32.2. The van der Waals surface area contributed by atoms with E-state index in [2.05, 4.69) is 5.32 Å². The average Bonchev–Trinajstić information content (AvgIpc) is 2.54. The number of anilines is 1. The zero-order valence-electron chi connectivity index (χ0n) is 13.1. The van der Waals surface area contributed by atoms with Gasteiger partial charge in [0.1, 0.15) is 0 Å². The fourth-order valence-corrected chi connectivity index (χ4v) is 4.44. The first kappa shape index (κ1) is 17.2. The second-order valence-corrected chi connectivity index (χ2v) is 7.64. The van der Waals surface area contributed by atoms with Gasteiger partial charge >= 0.3 is 0 Å². The molecule has 3 N–H and O–H groups in total. The number of hydrogen-bond acceptors (Lipinski definition) is 3. The van der Waals surface area contributed by atoms with Gasteiger partial charge in [-0.1, -0.05) is 31.4 Å². The number of carbonyl (C=O) groups is 1. The predicted molar refractivity (Wildman–Crippen MR) is 92.1 cm³/mol. The van der Waals surface area contributed by atoms with Gasteiger partial charge in [0.05, 0.1) is 0 Å². The molecule has 122 valence electrons. The molecule has 0 heterocycles. The van der Waals surface area contributed by atoms with E-state index in [0.29, 0.717) is 30.4 Å². The van der Waals surface area contributed by atoms with Crippen molar-refractivity contribution in [3.63, 3.8) is 0 Å². The Labute approximate surface area is 135 Å². The van der Waals surface area contributed by atoms with E-state index < -0.39 is 10.8 Å². The molecule has 1 aliphatic carbocycles. The molecule has 1 fully saturated rings. The summed E-state index contributed by atoms with van der Waals surface area (Å²) in [4.78, 5) is 11.7. The van der Waals surface area contributed by atoms with Crippen molar-refractivity contribution in [1.29, 1.82) is 0 Å². The summed E-state index contributed by atoms with van der Waals surface area (Å²) >= 11 is 0. The van der Waals surface area contributed by atoms with Crippen LogP contribution in [0.15, 0.2) is 24.3 Å². The van der Waals surface area contributed by atoms with E-state index in [1.807, 2.05) is 24.3 Å². The Morgan fingerprint density at radius 3 is 2.77 bits per heavy atom. The van der Waals surface area contributed by atoms with Crippen LogP contribution in [0.5, 0.6) is 0 Å². The fraction of sp³-hybridized carbons (Fsp3) is 0.588. The lowest BCUT2D eigenvalue weighted by atomic mass is 10.0. The molecule has 1 aliphatic rings. The molecule has 0 aromatic heterocycles. The van der Waals surface area contributed by atoms with E-state index in [1.54, 1.807) is 0 Å². The van der Waals surface area contributed by atoms with Crippen LogP contribution in [0.1, 0.15) is 50.5 Å². The Hall–Kier alpha value is -1.20. The number of amides is 1. The maximum atomic E-state index is 12.5. The van der Waals surface area contributed by atoms with Crippen molar-refractivity contribution in [2.24, 2.45) is 5.73 Å². The van der Waals surface area contributed by atoms with Crippen LogP contribution in [0.25, 0.3) is 0 Å². The van der Waals surface area contributed by atoms with Crippen molar-refractivity contribution in [1.82, 2.24) is 0 Å². The number of hydrogen-bond donors (Lipinski definition) is 2. The highest BCUT2D eigenvalue weighted by molar-refractivity contribution is 7.84. The quantitative estimate of drug-likeness (QED) is 0.810. The smallest absolute Gasteiger partial charge is 0.224 e. The van der Waals surface area contributed by atoms with Crippen LogP contribution in [0.3, 0.4) is 0 Å². The van der Waals surface area contributed by atoms with Crippen molar-refractivity contribution in [2.75, 3.05) is 11.9 Å². The van der Waals surface area contributed by atoms with Crippen molar-refractivity contribution < 1.29 is 9.00 Å². The lowest BCUT2D eigenvalue weighted by molar-refractivity contribution is -0.116. The summed E-state index contributed by atoms with van der Waals surface area (Å²) in [6.45, 7) is 0.522. The maximum Gasteiger partial charge on any atom is 0.224 e. The largest absolute Gasteiger partial charge is 0.330 e. The Morgan fingerprint density at radius 2 is 2.05 bits per heavy atom. The van der Waals surface area contributed by atoms with Crippen molar-refractivity contribution in [3.05, 3.63) is 29.8 Å². The molecular formula is C17H26N2O2S. The van der Waals surface area contributed by atoms with Gasteiger partial charge in [0.2, 0.25) is 5.91 Å². The van der Waals surface area contributed by atoms with Crippen LogP contribution < -0.4 is 11.1 Å². The molecule has 1 atom stereocenters. The second-order valence-electron chi connectivity index (χ2n) is 5.93. The minimum atomic E-state index is -0.812. The number of benzene rings is 1. The van der Waals surface area contributed by atoms with E-state index in [4.69, 9.17) is 5.73 Å². The minimum absolute atomic E-state index is 0.0176. The molecular weight excluding hydrogens is 296 g/mol. The molecule has 2 rings (SSSR count). The molecule has 1 aromatic rings. The van der Waals surface area contributed by atoms with Crippen LogP contribution in [0, 0.1) is 0 Å². The van der Waals surface area contributed by atoms with Gasteiger partial charge in [0.25, 0.3) is 0 Å². The summed E-state index contributed by atoms with van der Waals surface area (Å²) < 4.78 is 12.5. The number of nitrogens with one attached hydrogen (secondary N) is 1. The zero-order valence-corrected chi connectivity index (χ0v) is 13.9. The molecule has 22 heavy (non-hydrogen) atoms. The number of nitrogens with two attached hydrogens (primary N) is 1. The molecule has 0 aliphatic heterocycles. The van der Waals surface area contributed by atoms with Crippen LogP contribution in [-0.2, 0) is 21.3 Å². The third-order valence-electron chi connectivity index (χ3n) is 4.05. The summed E-state index contributed by atoms with van der Waals surface area (Å²) in [7, 11) is -0.812. The Bertz CT molecular complexity index is 513. The summed E-state index contributed by atoms with van der Waals surface area (Å²) in [6.07, 6.45) is 6.98. The highest BCUT2D eigenvalue weighted by Crippen LogP contribution is 2.24. The standard InChI is InChI=1S/C17H26N2O2S/c18-11-5-10-17(20)19-15-7-4-6-14(12-15)13-22(21)16-8-2-1-3-9-16/h4,6-7,12,16H,1-3,5,8-11,13,18H2,(H,19,20). The van der Waals surface area contributed by atoms with Gasteiger partial charge in [-0.05, 0) is 43.5 Å². The second kappa shape index (κ2) is 9.06. The monoisotopic (exact) mass is 322 g/mol. The summed E-state index contributed by atoms with van der Waals surface area (Å²) in [5, 5.41) is 3.22. The van der Waals surface area contributed by atoms with Crippen LogP contribution in [0.2, 0.25) is 0 Å². The minimum Gasteiger partial charge on any atom is -0.330 e. The van der Waals surface area contributed by atoms with Gasteiger partial charge in [-0.15, -0.1) is 0 Å². The van der Waals surface area contributed by atoms with Gasteiger partial charge in [0.15, 0.2) is 0 Å². The molecule has 0 saturated heterocycles. The van der Waals surface area contributed by atoms with E-state index in [9.17, 15) is 9.00 Å². The molecule has 5 heteroatoms. The van der Waals surface area contributed by atoms with E-state index >= 15 is 0 Å². The van der Waals surface area contributed by atoms with E-state index in [-0.39, 0.29) is 5.91 Å². The third-order valence-corrected chi connectivity index (χ3v) is 5.88. The van der Waals surface area contributed by atoms with Crippen molar-refractivity contribution in [3.8, 4) is 0 Å². The topological polar surface area (TPSA) is 72.2 Å². The van der Waals surface area contributed by atoms with Crippen LogP contribution >= 0.6 is 0 Å². The molecule has 1 amide bonds. The van der Waals surface area contributed by atoms with Gasteiger partial charge in [-0.3, -0.25) is 9.00 Å². The molecule has 1 unspecified atom stereocenters. The lowest BCUT2D eigenvalue weighted by Crippen LogP contribution is -2.20. The van der Waals surface area contributed by atoms with Gasteiger partial charge in [0, 0.05) is 33.9 Å². The number of carbonyl (C=O) groups excluding carboxylic acids is 1.